The number of carboxylic acid groups (broad SMARTS) is 1. The quantitative estimate of drug-likeness (QED) is 0.871. The zero-order chi connectivity index (χ0) is 15.3. The van der Waals surface area contributed by atoms with Crippen LogP contribution >= 0.6 is 11.6 Å². The molecule has 1 unspecified atom stereocenters. The highest BCUT2D eigenvalue weighted by molar-refractivity contribution is 6.34. The van der Waals surface area contributed by atoms with E-state index >= 15 is 0 Å². The topological polar surface area (TPSA) is 69.6 Å². The van der Waals surface area contributed by atoms with Crippen LogP contribution in [-0.2, 0) is 0 Å². The highest BCUT2D eigenvalue weighted by atomic mass is 35.5. The number of urea groups is 1. The Morgan fingerprint density at radius 2 is 2.05 bits per heavy atom. The Bertz CT molecular complexity index is 505. The fourth-order valence-corrected chi connectivity index (χ4v) is 2.04. The lowest BCUT2D eigenvalue weighted by Gasteiger charge is -2.27. The zero-order valence-electron chi connectivity index (χ0n) is 11.8. The van der Waals surface area contributed by atoms with Crippen molar-refractivity contribution in [2.45, 2.75) is 33.2 Å². The van der Waals surface area contributed by atoms with Gasteiger partial charge in [-0.15, -0.1) is 0 Å². The largest absolute Gasteiger partial charge is 0.478 e. The van der Waals surface area contributed by atoms with Gasteiger partial charge in [-0.2, -0.15) is 0 Å². The molecule has 0 aliphatic carbocycles. The number of hydrogen-bond donors (Lipinski definition) is 2. The van der Waals surface area contributed by atoms with Crippen LogP contribution in [0.25, 0.3) is 0 Å². The van der Waals surface area contributed by atoms with Crippen LogP contribution in [0.2, 0.25) is 5.02 Å². The number of benzene rings is 1. The second kappa shape index (κ2) is 7.14. The van der Waals surface area contributed by atoms with E-state index < -0.39 is 5.97 Å². The van der Waals surface area contributed by atoms with Crippen molar-refractivity contribution in [3.63, 3.8) is 0 Å². The Balaban J connectivity index is 2.87. The number of carbonyl (C=O) groups excluding carboxylic acids is 1. The molecule has 0 aliphatic rings. The normalized spacial score (nSPS) is 11.8. The Labute approximate surface area is 123 Å². The Morgan fingerprint density at radius 3 is 2.50 bits per heavy atom. The van der Waals surface area contributed by atoms with Crippen molar-refractivity contribution in [1.82, 2.24) is 4.90 Å². The molecule has 0 aliphatic heterocycles. The van der Waals surface area contributed by atoms with E-state index in [1.54, 1.807) is 4.90 Å². The van der Waals surface area contributed by atoms with Crippen LogP contribution in [0.4, 0.5) is 10.5 Å². The van der Waals surface area contributed by atoms with Crippen molar-refractivity contribution >= 4 is 29.3 Å². The number of rotatable bonds is 5. The fraction of sp³-hybridized carbons (Fsp3) is 0.429. The third-order valence-corrected chi connectivity index (χ3v) is 3.49. The Morgan fingerprint density at radius 1 is 1.40 bits per heavy atom. The molecular weight excluding hydrogens is 280 g/mol. The highest BCUT2D eigenvalue weighted by Gasteiger charge is 2.18. The number of carboxylic acids is 1. The molecular formula is C14H19ClN2O3. The molecule has 0 heterocycles. The van der Waals surface area contributed by atoms with Crippen molar-refractivity contribution in [3.8, 4) is 0 Å². The highest BCUT2D eigenvalue weighted by Crippen LogP contribution is 2.23. The van der Waals surface area contributed by atoms with E-state index in [0.29, 0.717) is 12.2 Å². The van der Waals surface area contributed by atoms with Gasteiger partial charge in [0.15, 0.2) is 0 Å². The number of carbonyl (C=O) groups is 2. The van der Waals surface area contributed by atoms with E-state index in [1.165, 1.54) is 18.2 Å². The average Bonchev–Trinajstić information content (AvgIpc) is 2.41. The second-order valence-electron chi connectivity index (χ2n) is 4.47. The van der Waals surface area contributed by atoms with Gasteiger partial charge in [-0.05, 0) is 38.5 Å². The number of hydrogen-bond acceptors (Lipinski definition) is 2. The summed E-state index contributed by atoms with van der Waals surface area (Å²) < 4.78 is 0. The van der Waals surface area contributed by atoms with E-state index in [4.69, 9.17) is 16.7 Å². The first-order chi connectivity index (χ1) is 9.40. The van der Waals surface area contributed by atoms with E-state index in [1.807, 2.05) is 20.8 Å². The summed E-state index contributed by atoms with van der Waals surface area (Å²) in [5.74, 6) is -1.06. The monoisotopic (exact) mass is 298 g/mol. The number of nitrogens with one attached hydrogen (secondary N) is 1. The summed E-state index contributed by atoms with van der Waals surface area (Å²) in [7, 11) is 0. The first-order valence-electron chi connectivity index (χ1n) is 6.51. The van der Waals surface area contributed by atoms with Crippen LogP contribution in [0.3, 0.4) is 0 Å². The Hall–Kier alpha value is -1.75. The molecule has 0 saturated heterocycles. The van der Waals surface area contributed by atoms with E-state index in [-0.39, 0.29) is 22.7 Å². The van der Waals surface area contributed by atoms with Crippen molar-refractivity contribution in [2.75, 3.05) is 11.9 Å². The van der Waals surface area contributed by atoms with Crippen molar-refractivity contribution in [3.05, 3.63) is 28.8 Å². The first-order valence-corrected chi connectivity index (χ1v) is 6.88. The summed E-state index contributed by atoms with van der Waals surface area (Å²) in [5, 5.41) is 11.8. The van der Waals surface area contributed by atoms with Crippen LogP contribution in [0.1, 0.15) is 37.6 Å². The summed E-state index contributed by atoms with van der Waals surface area (Å²) in [4.78, 5) is 24.7. The maximum absolute atomic E-state index is 12.2. The summed E-state index contributed by atoms with van der Waals surface area (Å²) in [6.45, 7) is 6.47. The van der Waals surface area contributed by atoms with Crippen LogP contribution in [0, 0.1) is 0 Å². The lowest BCUT2D eigenvalue weighted by molar-refractivity contribution is 0.0697. The molecule has 1 aromatic carbocycles. The standard InChI is InChI=1S/C14H19ClN2O3/c1-4-9(3)17(5-2)14(20)16-12-7-6-10(13(18)19)8-11(12)15/h6-9H,4-5H2,1-3H3,(H,16,20)(H,18,19). The van der Waals surface area contributed by atoms with Crippen molar-refractivity contribution < 1.29 is 14.7 Å². The molecule has 1 atom stereocenters. The van der Waals surface area contributed by atoms with Crippen molar-refractivity contribution in [2.24, 2.45) is 0 Å². The molecule has 0 spiro atoms. The predicted octanol–water partition coefficient (Wildman–Crippen LogP) is 3.69. The minimum atomic E-state index is -1.06. The molecule has 0 aromatic heterocycles. The van der Waals surface area contributed by atoms with Gasteiger partial charge in [-0.1, -0.05) is 18.5 Å². The van der Waals surface area contributed by atoms with Gasteiger partial charge in [0.05, 0.1) is 16.3 Å². The average molecular weight is 299 g/mol. The third kappa shape index (κ3) is 3.87. The maximum atomic E-state index is 12.2. The van der Waals surface area contributed by atoms with E-state index in [0.717, 1.165) is 6.42 Å². The second-order valence-corrected chi connectivity index (χ2v) is 4.88. The number of nitrogens with zero attached hydrogens (tertiary/aromatic N) is 1. The lowest BCUT2D eigenvalue weighted by Crippen LogP contribution is -2.41. The summed E-state index contributed by atoms with van der Waals surface area (Å²) >= 11 is 5.98. The van der Waals surface area contributed by atoms with Gasteiger partial charge in [0.1, 0.15) is 0 Å². The maximum Gasteiger partial charge on any atom is 0.335 e. The van der Waals surface area contributed by atoms with E-state index in [2.05, 4.69) is 5.32 Å². The van der Waals surface area contributed by atoms with Crippen LogP contribution in [0.5, 0.6) is 0 Å². The molecule has 20 heavy (non-hydrogen) atoms. The van der Waals surface area contributed by atoms with Gasteiger partial charge in [-0.25, -0.2) is 9.59 Å². The van der Waals surface area contributed by atoms with Crippen LogP contribution < -0.4 is 5.32 Å². The summed E-state index contributed by atoms with van der Waals surface area (Å²) in [6.07, 6.45) is 0.854. The fourth-order valence-electron chi connectivity index (χ4n) is 1.81. The molecule has 5 nitrogen and oxygen atoms in total. The summed E-state index contributed by atoms with van der Waals surface area (Å²) in [6, 6.07) is 4.10. The number of amides is 2. The molecule has 2 amide bonds. The molecule has 110 valence electrons. The molecule has 2 N–H and O–H groups in total. The molecule has 6 heteroatoms. The smallest absolute Gasteiger partial charge is 0.335 e. The summed E-state index contributed by atoms with van der Waals surface area (Å²) in [5.41, 5.74) is 0.491. The molecule has 0 radical (unpaired) electrons. The Kier molecular flexibility index (Phi) is 5.82. The first kappa shape index (κ1) is 16.3. The van der Waals surface area contributed by atoms with Gasteiger partial charge in [0.25, 0.3) is 0 Å². The molecule has 0 fully saturated rings. The van der Waals surface area contributed by atoms with Gasteiger partial charge in [0, 0.05) is 12.6 Å². The molecule has 1 aromatic rings. The minimum absolute atomic E-state index is 0.0854. The minimum Gasteiger partial charge on any atom is -0.478 e. The van der Waals surface area contributed by atoms with Gasteiger partial charge in [-0.3, -0.25) is 0 Å². The lowest BCUT2D eigenvalue weighted by atomic mass is 10.2. The van der Waals surface area contributed by atoms with Crippen LogP contribution in [0.15, 0.2) is 18.2 Å². The van der Waals surface area contributed by atoms with E-state index in [9.17, 15) is 9.59 Å². The number of aromatic carboxylic acids is 1. The number of halogens is 1. The number of anilines is 1. The van der Waals surface area contributed by atoms with Crippen LogP contribution in [-0.4, -0.2) is 34.6 Å². The molecule has 1 rings (SSSR count). The van der Waals surface area contributed by atoms with Crippen molar-refractivity contribution in [1.29, 1.82) is 0 Å². The predicted molar refractivity (Wildman–Crippen MR) is 79.6 cm³/mol. The molecule has 0 saturated carbocycles. The SMILES string of the molecule is CCC(C)N(CC)C(=O)Nc1ccc(C(=O)O)cc1Cl. The van der Waals surface area contributed by atoms with Gasteiger partial charge in [0.2, 0.25) is 0 Å². The zero-order valence-corrected chi connectivity index (χ0v) is 12.6. The third-order valence-electron chi connectivity index (χ3n) is 3.18. The van der Waals surface area contributed by atoms with Gasteiger partial charge >= 0.3 is 12.0 Å². The molecule has 0 bridgehead atoms. The van der Waals surface area contributed by atoms with Gasteiger partial charge < -0.3 is 15.3 Å².